The Balaban J connectivity index is 0.000000229. The molecule has 0 aliphatic carbocycles. The summed E-state index contributed by atoms with van der Waals surface area (Å²) in [6.07, 6.45) is -1.60. The highest BCUT2D eigenvalue weighted by molar-refractivity contribution is 5.33. The minimum atomic E-state index is -4.93. The highest BCUT2D eigenvalue weighted by atomic mass is 19.4. The second-order valence-corrected chi connectivity index (χ2v) is 7.60. The molecular formula is C24H24F8O6. The largest absolute Gasteiger partial charge is 0.573 e. The molecule has 0 aromatic heterocycles. The number of ether oxygens (including phenoxy) is 5. The first-order valence-electron chi connectivity index (χ1n) is 11.2. The van der Waals surface area contributed by atoms with Gasteiger partial charge in [-0.3, -0.25) is 0 Å². The Kier molecular flexibility index (Phi) is 11.8. The normalized spacial score (nSPS) is 17.1. The van der Waals surface area contributed by atoms with Gasteiger partial charge in [0.05, 0.1) is 19.5 Å². The van der Waals surface area contributed by atoms with Crippen molar-refractivity contribution in [3.8, 4) is 23.0 Å². The molecule has 14 heteroatoms. The summed E-state index contributed by atoms with van der Waals surface area (Å²) in [4.78, 5) is 0. The number of rotatable bonds is 4. The van der Waals surface area contributed by atoms with E-state index in [1.807, 2.05) is 6.08 Å². The van der Waals surface area contributed by atoms with Crippen LogP contribution in [-0.4, -0.2) is 37.3 Å². The van der Waals surface area contributed by atoms with Crippen LogP contribution < -0.4 is 14.2 Å². The topological polar surface area (TPSA) is 66.4 Å². The number of phenolic OH excluding ortho intramolecular Hbond substituents is 1. The molecule has 0 amide bonds. The van der Waals surface area contributed by atoms with Crippen molar-refractivity contribution in [3.63, 3.8) is 0 Å². The molecule has 2 aliphatic rings. The second kappa shape index (κ2) is 14.5. The summed E-state index contributed by atoms with van der Waals surface area (Å²) < 4.78 is 119. The van der Waals surface area contributed by atoms with Crippen LogP contribution in [0.4, 0.5) is 35.1 Å². The molecule has 1 unspecified atom stereocenters. The van der Waals surface area contributed by atoms with Gasteiger partial charge in [0.25, 0.3) is 0 Å². The van der Waals surface area contributed by atoms with Gasteiger partial charge in [-0.15, -0.1) is 26.3 Å². The Morgan fingerprint density at radius 1 is 0.789 bits per heavy atom. The van der Waals surface area contributed by atoms with Crippen molar-refractivity contribution in [1.82, 2.24) is 0 Å². The van der Waals surface area contributed by atoms with E-state index < -0.39 is 47.9 Å². The summed E-state index contributed by atoms with van der Waals surface area (Å²) in [6.45, 7) is 1.47. The van der Waals surface area contributed by atoms with Gasteiger partial charge in [0.1, 0.15) is 11.5 Å². The van der Waals surface area contributed by atoms with Crippen molar-refractivity contribution in [2.45, 2.75) is 51.1 Å². The van der Waals surface area contributed by atoms with E-state index in [4.69, 9.17) is 19.3 Å². The van der Waals surface area contributed by atoms with Gasteiger partial charge < -0.3 is 28.8 Å². The van der Waals surface area contributed by atoms with E-state index in [1.54, 1.807) is 6.26 Å². The first-order chi connectivity index (χ1) is 17.8. The molecule has 0 spiro atoms. The summed E-state index contributed by atoms with van der Waals surface area (Å²) >= 11 is 0. The molecule has 2 aromatic carbocycles. The number of allylic oxidation sites excluding steroid dienone is 1. The molecule has 6 nitrogen and oxygen atoms in total. The van der Waals surface area contributed by atoms with Crippen molar-refractivity contribution in [3.05, 3.63) is 60.4 Å². The number of benzene rings is 2. The van der Waals surface area contributed by atoms with E-state index in [0.717, 1.165) is 37.6 Å². The molecular weight excluding hydrogens is 536 g/mol. The molecule has 2 heterocycles. The third-order valence-electron chi connectivity index (χ3n) is 4.50. The predicted molar refractivity (Wildman–Crippen MR) is 116 cm³/mol. The van der Waals surface area contributed by atoms with Crippen molar-refractivity contribution in [2.24, 2.45) is 0 Å². The lowest BCUT2D eigenvalue weighted by Gasteiger charge is -2.23. The molecule has 1 atom stereocenters. The average molecular weight is 560 g/mol. The van der Waals surface area contributed by atoms with Crippen LogP contribution in [0.2, 0.25) is 0 Å². The van der Waals surface area contributed by atoms with Gasteiger partial charge >= 0.3 is 12.7 Å². The maximum atomic E-state index is 13.4. The van der Waals surface area contributed by atoms with Gasteiger partial charge in [-0.1, -0.05) is 0 Å². The van der Waals surface area contributed by atoms with E-state index in [1.165, 1.54) is 18.9 Å². The zero-order valence-corrected chi connectivity index (χ0v) is 19.7. The van der Waals surface area contributed by atoms with Crippen molar-refractivity contribution in [2.75, 3.05) is 13.2 Å². The third kappa shape index (κ3) is 12.7. The average Bonchev–Trinajstić information content (AvgIpc) is 2.84. The highest BCUT2D eigenvalue weighted by Gasteiger charge is 2.33. The van der Waals surface area contributed by atoms with Gasteiger partial charge in [0.15, 0.2) is 29.4 Å². The van der Waals surface area contributed by atoms with Crippen LogP contribution in [0.15, 0.2) is 48.7 Å². The Labute approximate surface area is 212 Å². The fraction of sp³-hybridized carbons (Fsp3) is 0.417. The van der Waals surface area contributed by atoms with E-state index >= 15 is 0 Å². The van der Waals surface area contributed by atoms with Crippen LogP contribution in [0.3, 0.4) is 0 Å². The molecule has 4 rings (SSSR count). The molecule has 212 valence electrons. The number of hydrogen-bond donors (Lipinski definition) is 1. The summed E-state index contributed by atoms with van der Waals surface area (Å²) in [5.41, 5.74) is 0. The quantitative estimate of drug-likeness (QED) is 0.394. The second-order valence-electron chi connectivity index (χ2n) is 7.60. The SMILES string of the molecule is C1=COCCC1.Fc1cc(OC2CCCCO2)ccc1OC(F)(F)F.Oc1ccc(OC(F)(F)F)c(F)c1. The number of alkyl halides is 6. The molecule has 0 radical (unpaired) electrons. The van der Waals surface area contributed by atoms with Gasteiger partial charge in [0, 0.05) is 18.6 Å². The summed E-state index contributed by atoms with van der Waals surface area (Å²) in [6, 6.07) is 5.05. The van der Waals surface area contributed by atoms with Gasteiger partial charge in [-0.25, -0.2) is 8.78 Å². The van der Waals surface area contributed by atoms with Crippen LogP contribution in [0.1, 0.15) is 32.1 Å². The lowest BCUT2D eigenvalue weighted by Crippen LogP contribution is -2.25. The summed E-state index contributed by atoms with van der Waals surface area (Å²) in [5.74, 6) is -4.61. The monoisotopic (exact) mass is 560 g/mol. The first-order valence-corrected chi connectivity index (χ1v) is 11.2. The maximum absolute atomic E-state index is 13.4. The first kappa shape index (κ1) is 30.8. The van der Waals surface area contributed by atoms with Gasteiger partial charge in [-0.05, 0) is 56.0 Å². The Morgan fingerprint density at radius 2 is 1.42 bits per heavy atom. The van der Waals surface area contributed by atoms with Gasteiger partial charge in [-0.2, -0.15) is 0 Å². The Bertz CT molecular complexity index is 1010. The van der Waals surface area contributed by atoms with E-state index in [2.05, 4.69) is 9.47 Å². The van der Waals surface area contributed by atoms with Crippen molar-refractivity contribution >= 4 is 0 Å². The fourth-order valence-electron chi connectivity index (χ4n) is 2.90. The van der Waals surface area contributed by atoms with Crippen LogP contribution in [0.5, 0.6) is 23.0 Å². The number of hydrogen-bond acceptors (Lipinski definition) is 6. The van der Waals surface area contributed by atoms with Crippen LogP contribution in [0, 0.1) is 11.6 Å². The summed E-state index contributed by atoms with van der Waals surface area (Å²) in [7, 11) is 0. The lowest BCUT2D eigenvalue weighted by atomic mass is 10.2. The molecule has 2 aliphatic heterocycles. The zero-order chi connectivity index (χ0) is 28.2. The van der Waals surface area contributed by atoms with Crippen molar-refractivity contribution < 1.29 is 63.9 Å². The van der Waals surface area contributed by atoms with E-state index in [9.17, 15) is 35.1 Å². The number of halogens is 8. The molecule has 38 heavy (non-hydrogen) atoms. The maximum Gasteiger partial charge on any atom is 0.573 e. The summed E-state index contributed by atoms with van der Waals surface area (Å²) in [5, 5.41) is 8.66. The van der Waals surface area contributed by atoms with Crippen LogP contribution >= 0.6 is 0 Å². The van der Waals surface area contributed by atoms with Crippen LogP contribution in [-0.2, 0) is 9.47 Å². The molecule has 0 bridgehead atoms. The van der Waals surface area contributed by atoms with E-state index in [-0.39, 0.29) is 5.75 Å². The Hall–Kier alpha value is -3.42. The minimum Gasteiger partial charge on any atom is -0.508 e. The molecule has 1 N–H and O–H groups in total. The van der Waals surface area contributed by atoms with Crippen molar-refractivity contribution in [1.29, 1.82) is 0 Å². The van der Waals surface area contributed by atoms with Gasteiger partial charge in [0.2, 0.25) is 0 Å². The molecule has 0 saturated carbocycles. The minimum absolute atomic E-state index is 0.110. The fourth-order valence-corrected chi connectivity index (χ4v) is 2.90. The number of aromatic hydroxyl groups is 1. The number of phenols is 1. The Morgan fingerprint density at radius 3 is 1.84 bits per heavy atom. The third-order valence-corrected chi connectivity index (χ3v) is 4.50. The predicted octanol–water partition coefficient (Wildman–Crippen LogP) is 7.37. The van der Waals surface area contributed by atoms with E-state index in [0.29, 0.717) is 25.2 Å². The lowest BCUT2D eigenvalue weighted by molar-refractivity contribution is -0.276. The molecule has 1 fully saturated rings. The highest BCUT2D eigenvalue weighted by Crippen LogP contribution is 2.30. The standard InChI is InChI=1S/C12H12F4O3.C7H4F4O2.C5H8O/c13-9-7-8(18-11-3-1-2-6-17-11)4-5-10(9)19-12(14,15)16;8-5-3-4(12)1-2-6(5)13-7(9,10)11;1-2-4-6-5-3-1/h4-5,7,11H,1-3,6H2;1-3,12H;2,4H,1,3,5H2. The molecule has 1 saturated heterocycles. The molecule has 2 aromatic rings. The zero-order valence-electron chi connectivity index (χ0n) is 19.7. The van der Waals surface area contributed by atoms with Crippen LogP contribution in [0.25, 0.3) is 0 Å². The smallest absolute Gasteiger partial charge is 0.508 e.